The highest BCUT2D eigenvalue weighted by molar-refractivity contribution is 6.31. The second-order valence-electron chi connectivity index (χ2n) is 2.98. The zero-order chi connectivity index (χ0) is 13.0. The van der Waals surface area contributed by atoms with Gasteiger partial charge < -0.3 is 4.74 Å². The molecule has 0 saturated heterocycles. The summed E-state index contributed by atoms with van der Waals surface area (Å²) in [5.41, 5.74) is -1.06. The van der Waals surface area contributed by atoms with Crippen LogP contribution in [0.4, 0.5) is 5.69 Å². The molecule has 90 valence electrons. The zero-order valence-corrected chi connectivity index (χ0v) is 9.56. The molecule has 0 atom stereocenters. The van der Waals surface area contributed by atoms with Crippen LogP contribution in [0.25, 0.3) is 0 Å². The van der Waals surface area contributed by atoms with E-state index >= 15 is 0 Å². The number of nitro groups is 1. The number of hydrogen-bond donors (Lipinski definition) is 0. The fourth-order valence-electron chi connectivity index (χ4n) is 1.26. The number of hydrogen-bond acceptors (Lipinski definition) is 5. The lowest BCUT2D eigenvalue weighted by Gasteiger charge is -2.05. The van der Waals surface area contributed by atoms with E-state index in [-0.39, 0.29) is 29.0 Å². The van der Waals surface area contributed by atoms with E-state index in [2.05, 4.69) is 4.74 Å². The highest BCUT2D eigenvalue weighted by Gasteiger charge is 2.23. The van der Waals surface area contributed by atoms with Gasteiger partial charge in [-0.25, -0.2) is 4.79 Å². The third-order valence-corrected chi connectivity index (χ3v) is 2.15. The first-order chi connectivity index (χ1) is 8.01. The number of benzene rings is 1. The molecule has 0 amide bonds. The first-order valence-corrected chi connectivity index (χ1v) is 4.99. The Morgan fingerprint density at radius 2 is 2.24 bits per heavy atom. The molecule has 17 heavy (non-hydrogen) atoms. The van der Waals surface area contributed by atoms with Crippen molar-refractivity contribution in [1.82, 2.24) is 0 Å². The molecule has 0 bridgehead atoms. The standard InChI is InChI=1S/C10H8ClNO5/c1-2-17-10(14)7-3-6(11)4-9(12(15)16)8(7)5-13/h3-5H,2H2,1H3. The van der Waals surface area contributed by atoms with Gasteiger partial charge in [-0.2, -0.15) is 0 Å². The van der Waals surface area contributed by atoms with Crippen molar-refractivity contribution in [3.05, 3.63) is 38.4 Å². The van der Waals surface area contributed by atoms with Crippen LogP contribution in [0.5, 0.6) is 0 Å². The maximum absolute atomic E-state index is 11.5. The molecule has 1 aromatic rings. The molecular formula is C10H8ClNO5. The van der Waals surface area contributed by atoms with Gasteiger partial charge in [0.2, 0.25) is 0 Å². The molecule has 0 heterocycles. The van der Waals surface area contributed by atoms with Gasteiger partial charge in [0.1, 0.15) is 5.56 Å². The fraction of sp³-hybridized carbons (Fsp3) is 0.200. The highest BCUT2D eigenvalue weighted by Crippen LogP contribution is 2.26. The molecule has 1 aromatic carbocycles. The van der Waals surface area contributed by atoms with E-state index in [1.807, 2.05) is 0 Å². The Balaban J connectivity index is 3.43. The van der Waals surface area contributed by atoms with Gasteiger partial charge in [0.15, 0.2) is 6.29 Å². The Morgan fingerprint density at radius 1 is 1.59 bits per heavy atom. The molecule has 0 aliphatic heterocycles. The number of carbonyl (C=O) groups excluding carboxylic acids is 2. The molecule has 0 aliphatic rings. The molecule has 0 aliphatic carbocycles. The number of nitro benzene ring substituents is 1. The third-order valence-electron chi connectivity index (χ3n) is 1.93. The third kappa shape index (κ3) is 2.79. The quantitative estimate of drug-likeness (QED) is 0.357. The number of esters is 1. The topological polar surface area (TPSA) is 86.5 Å². The maximum Gasteiger partial charge on any atom is 0.339 e. The molecule has 0 aromatic heterocycles. The largest absolute Gasteiger partial charge is 0.462 e. The summed E-state index contributed by atoms with van der Waals surface area (Å²) >= 11 is 5.64. The summed E-state index contributed by atoms with van der Waals surface area (Å²) in [6.07, 6.45) is 0.237. The summed E-state index contributed by atoms with van der Waals surface area (Å²) in [6, 6.07) is 2.17. The van der Waals surface area contributed by atoms with E-state index in [0.717, 1.165) is 12.1 Å². The van der Waals surface area contributed by atoms with Gasteiger partial charge in [0.25, 0.3) is 5.69 Å². The van der Waals surface area contributed by atoms with Crippen LogP contribution in [-0.2, 0) is 4.74 Å². The Bertz CT molecular complexity index is 486. The van der Waals surface area contributed by atoms with Crippen LogP contribution in [-0.4, -0.2) is 23.8 Å². The van der Waals surface area contributed by atoms with Crippen molar-refractivity contribution in [3.8, 4) is 0 Å². The minimum Gasteiger partial charge on any atom is -0.462 e. The molecule has 0 radical (unpaired) electrons. The average molecular weight is 258 g/mol. The van der Waals surface area contributed by atoms with Crippen LogP contribution in [0.15, 0.2) is 12.1 Å². The van der Waals surface area contributed by atoms with Crippen molar-refractivity contribution < 1.29 is 19.2 Å². The summed E-state index contributed by atoms with van der Waals surface area (Å²) in [7, 11) is 0. The molecule has 0 fully saturated rings. The number of halogens is 1. The minimum absolute atomic E-state index is 0.00893. The Kier molecular flexibility index (Phi) is 4.17. The molecular weight excluding hydrogens is 250 g/mol. The predicted molar refractivity (Wildman–Crippen MR) is 59.5 cm³/mol. The normalized spacial score (nSPS) is 9.76. The minimum atomic E-state index is -0.819. The lowest BCUT2D eigenvalue weighted by atomic mass is 10.1. The number of carbonyl (C=O) groups is 2. The van der Waals surface area contributed by atoms with Crippen LogP contribution >= 0.6 is 11.6 Å². The smallest absolute Gasteiger partial charge is 0.339 e. The van der Waals surface area contributed by atoms with E-state index < -0.39 is 16.6 Å². The van der Waals surface area contributed by atoms with Crippen molar-refractivity contribution in [1.29, 1.82) is 0 Å². The van der Waals surface area contributed by atoms with Gasteiger partial charge in [0, 0.05) is 11.1 Å². The van der Waals surface area contributed by atoms with Crippen LogP contribution < -0.4 is 0 Å². The maximum atomic E-state index is 11.5. The van der Waals surface area contributed by atoms with Crippen LogP contribution in [0.2, 0.25) is 5.02 Å². The fourth-order valence-corrected chi connectivity index (χ4v) is 1.47. The second-order valence-corrected chi connectivity index (χ2v) is 3.42. The van der Waals surface area contributed by atoms with E-state index in [1.54, 1.807) is 6.92 Å². The van der Waals surface area contributed by atoms with E-state index in [1.165, 1.54) is 0 Å². The highest BCUT2D eigenvalue weighted by atomic mass is 35.5. The average Bonchev–Trinajstić information content (AvgIpc) is 2.28. The Morgan fingerprint density at radius 3 is 2.71 bits per heavy atom. The summed E-state index contributed by atoms with van der Waals surface area (Å²) in [4.78, 5) is 32.2. The lowest BCUT2D eigenvalue weighted by molar-refractivity contribution is -0.385. The molecule has 0 N–H and O–H groups in total. The van der Waals surface area contributed by atoms with Crippen molar-refractivity contribution in [3.63, 3.8) is 0 Å². The van der Waals surface area contributed by atoms with Gasteiger partial charge in [-0.15, -0.1) is 0 Å². The van der Waals surface area contributed by atoms with E-state index in [9.17, 15) is 19.7 Å². The number of aldehydes is 1. The van der Waals surface area contributed by atoms with Gasteiger partial charge in [-0.1, -0.05) is 11.6 Å². The Labute approximate surface area is 101 Å². The molecule has 0 spiro atoms. The second kappa shape index (κ2) is 5.40. The zero-order valence-electron chi connectivity index (χ0n) is 8.81. The summed E-state index contributed by atoms with van der Waals surface area (Å²) in [5, 5.41) is 10.7. The van der Waals surface area contributed by atoms with E-state index in [0.29, 0.717) is 0 Å². The molecule has 0 unspecified atom stereocenters. The SMILES string of the molecule is CCOC(=O)c1cc(Cl)cc([N+](=O)[O-])c1C=O. The van der Waals surface area contributed by atoms with Gasteiger partial charge in [-0.05, 0) is 13.0 Å². The summed E-state index contributed by atoms with van der Waals surface area (Å²) < 4.78 is 4.68. The summed E-state index contributed by atoms with van der Waals surface area (Å²) in [6.45, 7) is 1.68. The van der Waals surface area contributed by atoms with Crippen LogP contribution in [0.3, 0.4) is 0 Å². The first-order valence-electron chi connectivity index (χ1n) is 4.61. The number of rotatable bonds is 4. The van der Waals surface area contributed by atoms with Gasteiger partial charge in [0.05, 0.1) is 17.1 Å². The van der Waals surface area contributed by atoms with Crippen molar-refractivity contribution in [2.75, 3.05) is 6.61 Å². The first kappa shape index (κ1) is 13.1. The molecule has 1 rings (SSSR count). The van der Waals surface area contributed by atoms with E-state index in [4.69, 9.17) is 11.6 Å². The molecule has 7 heteroatoms. The Hall–Kier alpha value is -1.95. The molecule has 0 saturated carbocycles. The molecule has 6 nitrogen and oxygen atoms in total. The summed E-state index contributed by atoms with van der Waals surface area (Å²) in [5.74, 6) is -0.819. The predicted octanol–water partition coefficient (Wildman–Crippen LogP) is 2.24. The number of ether oxygens (including phenoxy) is 1. The number of nitrogens with zero attached hydrogens (tertiary/aromatic N) is 1. The van der Waals surface area contributed by atoms with Crippen molar-refractivity contribution in [2.45, 2.75) is 6.92 Å². The van der Waals surface area contributed by atoms with Gasteiger partial charge >= 0.3 is 5.97 Å². The van der Waals surface area contributed by atoms with Gasteiger partial charge in [-0.3, -0.25) is 14.9 Å². The van der Waals surface area contributed by atoms with Crippen molar-refractivity contribution >= 4 is 29.5 Å². The van der Waals surface area contributed by atoms with Crippen LogP contribution in [0, 0.1) is 10.1 Å². The van der Waals surface area contributed by atoms with Crippen LogP contribution in [0.1, 0.15) is 27.6 Å². The monoisotopic (exact) mass is 257 g/mol. The van der Waals surface area contributed by atoms with Crippen molar-refractivity contribution in [2.24, 2.45) is 0 Å². The lowest BCUT2D eigenvalue weighted by Crippen LogP contribution is -2.10.